The van der Waals surface area contributed by atoms with Crippen molar-refractivity contribution in [3.8, 4) is 0 Å². The number of carbonyl (C=O) groups excluding carboxylic acids is 2. The number of hydrogen-bond acceptors (Lipinski definition) is 3. The number of hydrogen-bond donors (Lipinski definition) is 3. The van der Waals surface area contributed by atoms with Crippen LogP contribution in [0.1, 0.15) is 24.5 Å². The second-order valence-corrected chi connectivity index (χ2v) is 4.98. The van der Waals surface area contributed by atoms with E-state index in [1.54, 1.807) is 7.11 Å². The molecule has 0 aromatic heterocycles. The van der Waals surface area contributed by atoms with Gasteiger partial charge in [0.2, 0.25) is 5.91 Å². The number of methoxy groups -OCH3 is 1. The molecule has 1 heterocycles. The van der Waals surface area contributed by atoms with Crippen molar-refractivity contribution in [3.05, 3.63) is 35.9 Å². The van der Waals surface area contributed by atoms with E-state index in [2.05, 4.69) is 16.0 Å². The molecule has 1 aromatic carbocycles. The minimum absolute atomic E-state index is 0.122. The van der Waals surface area contributed by atoms with Crippen LogP contribution in [0.25, 0.3) is 0 Å². The monoisotopic (exact) mass is 291 g/mol. The summed E-state index contributed by atoms with van der Waals surface area (Å²) in [6, 6.07) is 8.87. The average molecular weight is 291 g/mol. The molecule has 6 nitrogen and oxygen atoms in total. The van der Waals surface area contributed by atoms with Gasteiger partial charge in [0.05, 0.1) is 6.10 Å². The van der Waals surface area contributed by atoms with Gasteiger partial charge in [-0.05, 0) is 18.4 Å². The first-order valence-electron chi connectivity index (χ1n) is 7.10. The molecule has 0 saturated carbocycles. The van der Waals surface area contributed by atoms with Crippen LogP contribution in [0.4, 0.5) is 4.79 Å². The third-order valence-electron chi connectivity index (χ3n) is 3.49. The molecule has 6 heteroatoms. The second kappa shape index (κ2) is 7.64. The summed E-state index contributed by atoms with van der Waals surface area (Å²) in [7, 11) is 1.60. The average Bonchev–Trinajstić information content (AvgIpc) is 2.51. The van der Waals surface area contributed by atoms with Crippen LogP contribution in [-0.4, -0.2) is 38.2 Å². The van der Waals surface area contributed by atoms with Gasteiger partial charge in [0.25, 0.3) is 0 Å². The first-order chi connectivity index (χ1) is 10.2. The predicted octanol–water partition coefficient (Wildman–Crippen LogP) is 0.952. The van der Waals surface area contributed by atoms with Gasteiger partial charge in [-0.15, -0.1) is 0 Å². The summed E-state index contributed by atoms with van der Waals surface area (Å²) in [6.45, 7) is 1.03. The number of rotatable bonds is 5. The highest BCUT2D eigenvalue weighted by atomic mass is 16.5. The summed E-state index contributed by atoms with van der Waals surface area (Å²) in [5.74, 6) is -0.122. The maximum atomic E-state index is 11.9. The maximum absolute atomic E-state index is 11.9. The van der Waals surface area contributed by atoms with Gasteiger partial charge in [0.15, 0.2) is 0 Å². The molecule has 0 radical (unpaired) electrons. The number of ether oxygens (including phenoxy) is 1. The zero-order valence-corrected chi connectivity index (χ0v) is 12.1. The van der Waals surface area contributed by atoms with Crippen molar-refractivity contribution < 1.29 is 14.3 Å². The van der Waals surface area contributed by atoms with E-state index in [9.17, 15) is 9.59 Å². The maximum Gasteiger partial charge on any atom is 0.315 e. The van der Waals surface area contributed by atoms with E-state index in [1.807, 2.05) is 30.3 Å². The number of urea groups is 1. The quantitative estimate of drug-likeness (QED) is 0.756. The van der Waals surface area contributed by atoms with E-state index >= 15 is 0 Å². The van der Waals surface area contributed by atoms with E-state index in [-0.39, 0.29) is 18.0 Å². The molecule has 2 atom stereocenters. The van der Waals surface area contributed by atoms with Gasteiger partial charge in [-0.3, -0.25) is 4.79 Å². The Kier molecular flexibility index (Phi) is 5.57. The lowest BCUT2D eigenvalue weighted by Crippen LogP contribution is -2.53. The Balaban J connectivity index is 1.81. The minimum atomic E-state index is -0.448. The lowest BCUT2D eigenvalue weighted by atomic mass is 10.1. The number of piperidine rings is 1. The molecular weight excluding hydrogens is 270 g/mol. The number of benzene rings is 1. The van der Waals surface area contributed by atoms with Gasteiger partial charge in [0, 0.05) is 20.2 Å². The van der Waals surface area contributed by atoms with Crippen LogP contribution in [-0.2, 0) is 9.53 Å². The van der Waals surface area contributed by atoms with Crippen molar-refractivity contribution in [1.82, 2.24) is 16.0 Å². The van der Waals surface area contributed by atoms with Crippen molar-refractivity contribution in [3.63, 3.8) is 0 Å². The molecule has 0 aliphatic carbocycles. The van der Waals surface area contributed by atoms with Crippen LogP contribution in [0.2, 0.25) is 0 Å². The predicted molar refractivity (Wildman–Crippen MR) is 78.8 cm³/mol. The highest BCUT2D eigenvalue weighted by Gasteiger charge is 2.23. The molecule has 114 valence electrons. The molecule has 0 spiro atoms. The highest BCUT2D eigenvalue weighted by Crippen LogP contribution is 2.14. The molecule has 3 N–H and O–H groups in total. The highest BCUT2D eigenvalue weighted by molar-refractivity contribution is 5.87. The first-order valence-corrected chi connectivity index (χ1v) is 7.10. The Hall–Kier alpha value is -2.08. The normalized spacial score (nSPS) is 19.5. The lowest BCUT2D eigenvalue weighted by molar-refractivity contribution is -0.124. The van der Waals surface area contributed by atoms with Crippen LogP contribution in [0.3, 0.4) is 0 Å². The zero-order valence-electron chi connectivity index (χ0n) is 12.1. The smallest absolute Gasteiger partial charge is 0.315 e. The summed E-state index contributed by atoms with van der Waals surface area (Å²) >= 11 is 0. The Morgan fingerprint density at radius 3 is 2.86 bits per heavy atom. The molecule has 0 unspecified atom stereocenters. The molecule has 21 heavy (non-hydrogen) atoms. The van der Waals surface area contributed by atoms with Crippen LogP contribution in [0.15, 0.2) is 30.3 Å². The first kappa shape index (κ1) is 15.3. The van der Waals surface area contributed by atoms with Crippen LogP contribution < -0.4 is 16.0 Å². The van der Waals surface area contributed by atoms with Gasteiger partial charge in [-0.2, -0.15) is 0 Å². The molecule has 0 bridgehead atoms. The van der Waals surface area contributed by atoms with Crippen molar-refractivity contribution in [1.29, 1.82) is 0 Å². The molecule has 3 amide bonds. The molecular formula is C15H21N3O3. The zero-order chi connectivity index (χ0) is 15.1. The van der Waals surface area contributed by atoms with Gasteiger partial charge < -0.3 is 20.7 Å². The second-order valence-electron chi connectivity index (χ2n) is 4.98. The largest absolute Gasteiger partial charge is 0.375 e. The summed E-state index contributed by atoms with van der Waals surface area (Å²) in [4.78, 5) is 23.4. The Labute approximate surface area is 124 Å². The van der Waals surface area contributed by atoms with Gasteiger partial charge in [-0.1, -0.05) is 30.3 Å². The summed E-state index contributed by atoms with van der Waals surface area (Å²) in [6.07, 6.45) is 1.34. The van der Waals surface area contributed by atoms with E-state index in [0.717, 1.165) is 12.0 Å². The Bertz CT molecular complexity index is 478. The van der Waals surface area contributed by atoms with Crippen LogP contribution in [0, 0.1) is 0 Å². The number of carbonyl (C=O) groups is 2. The van der Waals surface area contributed by atoms with Crippen molar-refractivity contribution in [2.45, 2.75) is 25.0 Å². The summed E-state index contributed by atoms with van der Waals surface area (Å²) in [5, 5.41) is 8.16. The SMILES string of the molecule is CO[C@H](CNC(=O)N[C@@H]1CCCNC1=O)c1ccccc1. The number of nitrogens with one attached hydrogen (secondary N) is 3. The molecule has 1 aliphatic rings. The standard InChI is InChI=1S/C15H21N3O3/c1-21-13(11-6-3-2-4-7-11)10-17-15(20)18-12-8-5-9-16-14(12)19/h2-4,6-7,12-13H,5,8-10H2,1H3,(H,16,19)(H2,17,18,20)/t12-,13-/m1/s1. The van der Waals surface area contributed by atoms with Crippen molar-refractivity contribution in [2.75, 3.05) is 20.2 Å². The Morgan fingerprint density at radius 2 is 2.19 bits per heavy atom. The van der Waals surface area contributed by atoms with Gasteiger partial charge >= 0.3 is 6.03 Å². The van der Waals surface area contributed by atoms with Crippen LogP contribution >= 0.6 is 0 Å². The van der Waals surface area contributed by atoms with Crippen molar-refractivity contribution >= 4 is 11.9 Å². The summed E-state index contributed by atoms with van der Waals surface area (Å²) < 4.78 is 5.38. The fourth-order valence-corrected chi connectivity index (χ4v) is 2.31. The molecule has 1 saturated heterocycles. The van der Waals surface area contributed by atoms with Gasteiger partial charge in [0.1, 0.15) is 6.04 Å². The molecule has 2 rings (SSSR count). The Morgan fingerprint density at radius 1 is 1.43 bits per heavy atom. The third-order valence-corrected chi connectivity index (χ3v) is 3.49. The molecule has 1 aliphatic heterocycles. The fraction of sp³-hybridized carbons (Fsp3) is 0.467. The fourth-order valence-electron chi connectivity index (χ4n) is 2.31. The van der Waals surface area contributed by atoms with E-state index in [0.29, 0.717) is 19.5 Å². The summed E-state index contributed by atoms with van der Waals surface area (Å²) in [5.41, 5.74) is 0.996. The number of amides is 3. The van der Waals surface area contributed by atoms with Crippen molar-refractivity contribution in [2.24, 2.45) is 0 Å². The van der Waals surface area contributed by atoms with E-state index in [4.69, 9.17) is 4.74 Å². The topological polar surface area (TPSA) is 79.5 Å². The van der Waals surface area contributed by atoms with Crippen LogP contribution in [0.5, 0.6) is 0 Å². The van der Waals surface area contributed by atoms with E-state index in [1.165, 1.54) is 0 Å². The third kappa shape index (κ3) is 4.46. The minimum Gasteiger partial charge on any atom is -0.375 e. The molecule has 1 aromatic rings. The van der Waals surface area contributed by atoms with E-state index < -0.39 is 6.04 Å². The molecule has 1 fully saturated rings. The lowest BCUT2D eigenvalue weighted by Gasteiger charge is -2.23. The van der Waals surface area contributed by atoms with Gasteiger partial charge in [-0.25, -0.2) is 4.79 Å².